The highest BCUT2D eigenvalue weighted by Crippen LogP contribution is 2.41. The summed E-state index contributed by atoms with van der Waals surface area (Å²) in [6, 6.07) is 43.8. The topological polar surface area (TPSA) is 57.0 Å². The van der Waals surface area contributed by atoms with Gasteiger partial charge in [0, 0.05) is 32.5 Å². The van der Waals surface area contributed by atoms with Gasteiger partial charge in [0.1, 0.15) is 22.3 Å². The second-order valence-electron chi connectivity index (χ2n) is 11.0. The third-order valence-electron chi connectivity index (χ3n) is 8.60. The Bertz CT molecular complexity index is 2730. The van der Waals surface area contributed by atoms with Crippen LogP contribution in [0.2, 0.25) is 0 Å². The summed E-state index contributed by atoms with van der Waals surface area (Å²) in [5.41, 5.74) is 7.12. The molecule has 0 atom stereocenters. The molecule has 0 amide bonds. The molecule has 0 saturated carbocycles. The minimum Gasteiger partial charge on any atom is -0.456 e. The third kappa shape index (κ3) is 3.11. The van der Waals surface area contributed by atoms with E-state index in [4.69, 9.17) is 18.8 Å². The van der Waals surface area contributed by atoms with Crippen LogP contribution >= 0.6 is 0 Å². The van der Waals surface area contributed by atoms with Gasteiger partial charge in [-0.25, -0.2) is 9.97 Å². The van der Waals surface area contributed by atoms with E-state index in [0.29, 0.717) is 11.4 Å². The van der Waals surface area contributed by atoms with E-state index in [0.717, 1.165) is 77.0 Å². The number of furan rings is 2. The van der Waals surface area contributed by atoms with Crippen molar-refractivity contribution in [1.82, 2.24) is 14.5 Å². The van der Waals surface area contributed by atoms with Crippen molar-refractivity contribution in [2.75, 3.05) is 0 Å². The highest BCUT2D eigenvalue weighted by Gasteiger charge is 2.22. The predicted molar refractivity (Wildman–Crippen MR) is 174 cm³/mol. The van der Waals surface area contributed by atoms with Gasteiger partial charge in [-0.05, 0) is 53.2 Å². The Labute approximate surface area is 244 Å². The van der Waals surface area contributed by atoms with Gasteiger partial charge in [0.2, 0.25) is 0 Å². The fraction of sp³-hybridized carbons (Fsp3) is 0. The van der Waals surface area contributed by atoms with Crippen molar-refractivity contribution < 1.29 is 8.83 Å². The van der Waals surface area contributed by atoms with E-state index in [2.05, 4.69) is 71.3 Å². The van der Waals surface area contributed by atoms with Gasteiger partial charge in [-0.1, -0.05) is 84.9 Å². The van der Waals surface area contributed by atoms with E-state index in [1.54, 1.807) is 0 Å². The SMILES string of the molecule is c1ccc(-c2nc(-n3c4ccccc4c4cc5c(ccc6oc7ccccc7c65)cc43)c3oc4ccccc4c3n2)cc1. The first-order valence-corrected chi connectivity index (χ1v) is 14.3. The Morgan fingerprint density at radius 3 is 2.07 bits per heavy atom. The maximum absolute atomic E-state index is 6.52. The summed E-state index contributed by atoms with van der Waals surface area (Å²) in [5, 5.41) is 7.82. The molecule has 4 heterocycles. The number of nitrogens with zero attached hydrogens (tertiary/aromatic N) is 3. The fourth-order valence-electron chi connectivity index (χ4n) is 6.68. The zero-order valence-corrected chi connectivity index (χ0v) is 22.8. The predicted octanol–water partition coefficient (Wildman–Crippen LogP) is 10.2. The lowest BCUT2D eigenvalue weighted by atomic mass is 10.0. The molecule has 4 aromatic heterocycles. The average Bonchev–Trinajstić information content (AvgIpc) is 3.73. The highest BCUT2D eigenvalue weighted by molar-refractivity contribution is 6.23. The van der Waals surface area contributed by atoms with Crippen LogP contribution in [0.25, 0.3) is 93.8 Å². The maximum atomic E-state index is 6.52. The third-order valence-corrected chi connectivity index (χ3v) is 8.60. The van der Waals surface area contributed by atoms with Crippen molar-refractivity contribution in [3.63, 3.8) is 0 Å². The molecule has 0 unspecified atom stereocenters. The quantitative estimate of drug-likeness (QED) is 0.214. The summed E-state index contributed by atoms with van der Waals surface area (Å²) in [6.07, 6.45) is 0. The molecule has 5 heteroatoms. The monoisotopic (exact) mass is 551 g/mol. The summed E-state index contributed by atoms with van der Waals surface area (Å²) >= 11 is 0. The average molecular weight is 552 g/mol. The number of aromatic nitrogens is 3. The first-order chi connectivity index (χ1) is 21.3. The van der Waals surface area contributed by atoms with Crippen molar-refractivity contribution >= 4 is 76.6 Å². The number of fused-ring (bicyclic) bond motifs is 11. The van der Waals surface area contributed by atoms with Gasteiger partial charge in [-0.2, -0.15) is 0 Å². The molecule has 10 aromatic rings. The molecule has 0 aliphatic carbocycles. The molecule has 0 spiro atoms. The second-order valence-corrected chi connectivity index (χ2v) is 11.0. The lowest BCUT2D eigenvalue weighted by Crippen LogP contribution is -2.01. The molecule has 0 bridgehead atoms. The molecular weight excluding hydrogens is 530 g/mol. The molecule has 43 heavy (non-hydrogen) atoms. The van der Waals surface area contributed by atoms with Crippen molar-refractivity contribution in [1.29, 1.82) is 0 Å². The molecule has 0 fully saturated rings. The van der Waals surface area contributed by atoms with E-state index in [9.17, 15) is 0 Å². The molecule has 10 rings (SSSR count). The Balaban J connectivity index is 1.38. The summed E-state index contributed by atoms with van der Waals surface area (Å²) in [5.74, 6) is 1.38. The van der Waals surface area contributed by atoms with Gasteiger partial charge in [-0.15, -0.1) is 0 Å². The minimum absolute atomic E-state index is 0.660. The van der Waals surface area contributed by atoms with E-state index in [1.165, 1.54) is 5.39 Å². The minimum atomic E-state index is 0.660. The van der Waals surface area contributed by atoms with Crippen LogP contribution in [0, 0.1) is 0 Å². The summed E-state index contributed by atoms with van der Waals surface area (Å²) in [4.78, 5) is 10.3. The standard InChI is InChI=1S/C38H21N3O2/c1-2-10-22(11-3-1)37-39-35-26-14-6-9-17-32(26)43-36(35)38(40-37)41-29-15-7-4-12-24(29)28-21-27-23(20-30(28)41)18-19-33-34(27)25-13-5-8-16-31(25)42-33/h1-21H. The van der Waals surface area contributed by atoms with Crippen molar-refractivity contribution in [2.45, 2.75) is 0 Å². The molecule has 200 valence electrons. The lowest BCUT2D eigenvalue weighted by Gasteiger charge is -2.10. The fourth-order valence-corrected chi connectivity index (χ4v) is 6.68. The summed E-state index contributed by atoms with van der Waals surface area (Å²) < 4.78 is 15.0. The Hall–Kier alpha value is -5.94. The first-order valence-electron chi connectivity index (χ1n) is 14.3. The number of para-hydroxylation sites is 3. The number of hydrogen-bond acceptors (Lipinski definition) is 4. The number of rotatable bonds is 2. The van der Waals surface area contributed by atoms with Crippen LogP contribution in [0.4, 0.5) is 0 Å². The highest BCUT2D eigenvalue weighted by atomic mass is 16.3. The van der Waals surface area contributed by atoms with Crippen LogP contribution < -0.4 is 0 Å². The van der Waals surface area contributed by atoms with E-state index in [-0.39, 0.29) is 0 Å². The first kappa shape index (κ1) is 22.7. The Morgan fingerprint density at radius 1 is 0.488 bits per heavy atom. The largest absolute Gasteiger partial charge is 0.456 e. The zero-order valence-electron chi connectivity index (χ0n) is 22.8. The van der Waals surface area contributed by atoms with Crippen LogP contribution in [-0.2, 0) is 0 Å². The Kier molecular flexibility index (Phi) is 4.39. The molecule has 0 aliphatic rings. The number of hydrogen-bond donors (Lipinski definition) is 0. The van der Waals surface area contributed by atoms with Crippen molar-refractivity contribution in [3.05, 3.63) is 127 Å². The molecular formula is C38H21N3O2. The summed E-state index contributed by atoms with van der Waals surface area (Å²) in [7, 11) is 0. The second kappa shape index (κ2) is 8.30. The van der Waals surface area contributed by atoms with E-state index in [1.807, 2.05) is 60.7 Å². The van der Waals surface area contributed by atoms with Crippen LogP contribution in [-0.4, -0.2) is 14.5 Å². The van der Waals surface area contributed by atoms with Gasteiger partial charge < -0.3 is 8.83 Å². The number of benzene rings is 6. The normalized spacial score (nSPS) is 12.2. The summed E-state index contributed by atoms with van der Waals surface area (Å²) in [6.45, 7) is 0. The van der Waals surface area contributed by atoms with Crippen LogP contribution in [0.3, 0.4) is 0 Å². The molecule has 6 aromatic carbocycles. The molecule has 0 saturated heterocycles. The van der Waals surface area contributed by atoms with Crippen LogP contribution in [0.1, 0.15) is 0 Å². The van der Waals surface area contributed by atoms with Gasteiger partial charge >= 0.3 is 0 Å². The maximum Gasteiger partial charge on any atom is 0.197 e. The van der Waals surface area contributed by atoms with E-state index >= 15 is 0 Å². The molecule has 0 radical (unpaired) electrons. The van der Waals surface area contributed by atoms with Gasteiger partial charge in [-0.3, -0.25) is 4.57 Å². The molecule has 0 aliphatic heterocycles. The lowest BCUT2D eigenvalue weighted by molar-refractivity contribution is 0.662. The van der Waals surface area contributed by atoms with Crippen molar-refractivity contribution in [3.8, 4) is 17.2 Å². The van der Waals surface area contributed by atoms with Crippen LogP contribution in [0.5, 0.6) is 0 Å². The van der Waals surface area contributed by atoms with Gasteiger partial charge in [0.25, 0.3) is 0 Å². The molecule has 0 N–H and O–H groups in total. The van der Waals surface area contributed by atoms with Crippen LogP contribution in [0.15, 0.2) is 136 Å². The smallest absolute Gasteiger partial charge is 0.197 e. The van der Waals surface area contributed by atoms with Gasteiger partial charge in [0.15, 0.2) is 17.2 Å². The zero-order chi connectivity index (χ0) is 28.1. The Morgan fingerprint density at radius 2 is 1.21 bits per heavy atom. The van der Waals surface area contributed by atoms with Crippen molar-refractivity contribution in [2.24, 2.45) is 0 Å². The molecule has 5 nitrogen and oxygen atoms in total. The van der Waals surface area contributed by atoms with Gasteiger partial charge in [0.05, 0.1) is 11.0 Å². The van der Waals surface area contributed by atoms with E-state index < -0.39 is 0 Å².